The minimum atomic E-state index is -0.504. The zero-order valence-corrected chi connectivity index (χ0v) is 15.0. The van der Waals surface area contributed by atoms with Crippen molar-refractivity contribution in [2.45, 2.75) is 13.8 Å². The zero-order valence-electron chi connectivity index (χ0n) is 15.0. The summed E-state index contributed by atoms with van der Waals surface area (Å²) in [7, 11) is 1.56. The molecule has 0 radical (unpaired) electrons. The van der Waals surface area contributed by atoms with Crippen molar-refractivity contribution in [2.75, 3.05) is 24.4 Å². The number of aryl methyl sites for hydroxylation is 1. The van der Waals surface area contributed by atoms with E-state index in [0.29, 0.717) is 23.7 Å². The maximum atomic E-state index is 12.3. The molecule has 2 aromatic rings. The SMILES string of the molecule is CCOc1ccc(NC(=O)/C(C#N)=C\Nc2cc(C)ccc2OC)cc1. The molecule has 0 spiro atoms. The van der Waals surface area contributed by atoms with Crippen LogP contribution in [0.25, 0.3) is 0 Å². The topological polar surface area (TPSA) is 83.4 Å². The van der Waals surface area contributed by atoms with Crippen LogP contribution < -0.4 is 20.1 Å². The molecule has 0 saturated heterocycles. The van der Waals surface area contributed by atoms with Crippen LogP contribution in [-0.4, -0.2) is 19.6 Å². The molecule has 0 unspecified atom stereocenters. The maximum absolute atomic E-state index is 12.3. The van der Waals surface area contributed by atoms with E-state index >= 15 is 0 Å². The van der Waals surface area contributed by atoms with Gasteiger partial charge in [-0.25, -0.2) is 0 Å². The summed E-state index contributed by atoms with van der Waals surface area (Å²) < 4.78 is 10.6. The summed E-state index contributed by atoms with van der Waals surface area (Å²) in [4.78, 5) is 12.3. The van der Waals surface area contributed by atoms with E-state index in [1.807, 2.05) is 38.1 Å². The molecule has 0 saturated carbocycles. The normalized spacial score (nSPS) is 10.6. The van der Waals surface area contributed by atoms with Gasteiger partial charge in [0.2, 0.25) is 0 Å². The summed E-state index contributed by atoms with van der Waals surface area (Å²) in [5, 5.41) is 14.9. The summed E-state index contributed by atoms with van der Waals surface area (Å²) in [5.74, 6) is 0.835. The van der Waals surface area contributed by atoms with Gasteiger partial charge in [0, 0.05) is 11.9 Å². The first-order valence-corrected chi connectivity index (χ1v) is 8.13. The quantitative estimate of drug-likeness (QED) is 0.584. The Morgan fingerprint density at radius 1 is 1.23 bits per heavy atom. The standard InChI is InChI=1S/C20H21N3O3/c1-4-26-17-8-6-16(7-9-17)23-20(24)15(12-21)13-22-18-11-14(2)5-10-19(18)25-3/h5-11,13,22H,4H2,1-3H3,(H,23,24)/b15-13-. The number of methoxy groups -OCH3 is 1. The molecular weight excluding hydrogens is 330 g/mol. The highest BCUT2D eigenvalue weighted by Crippen LogP contribution is 2.25. The molecule has 0 aliphatic heterocycles. The average molecular weight is 351 g/mol. The number of amides is 1. The van der Waals surface area contributed by atoms with Crippen LogP contribution in [0.5, 0.6) is 11.5 Å². The molecule has 1 amide bonds. The molecule has 2 rings (SSSR count). The second kappa shape index (κ2) is 9.14. The number of hydrogen-bond donors (Lipinski definition) is 2. The third-order valence-corrected chi connectivity index (χ3v) is 3.52. The van der Waals surface area contributed by atoms with Crippen molar-refractivity contribution in [3.63, 3.8) is 0 Å². The molecule has 26 heavy (non-hydrogen) atoms. The number of nitriles is 1. The zero-order chi connectivity index (χ0) is 18.9. The van der Waals surface area contributed by atoms with E-state index in [2.05, 4.69) is 10.6 Å². The van der Waals surface area contributed by atoms with Crippen LogP contribution in [0.2, 0.25) is 0 Å². The van der Waals surface area contributed by atoms with Crippen LogP contribution in [0.1, 0.15) is 12.5 Å². The van der Waals surface area contributed by atoms with Crippen LogP contribution in [0.3, 0.4) is 0 Å². The molecular formula is C20H21N3O3. The molecule has 0 heterocycles. The average Bonchev–Trinajstić information content (AvgIpc) is 2.64. The van der Waals surface area contributed by atoms with Gasteiger partial charge in [0.1, 0.15) is 23.1 Å². The summed E-state index contributed by atoms with van der Waals surface area (Å²) >= 11 is 0. The van der Waals surface area contributed by atoms with Gasteiger partial charge >= 0.3 is 0 Å². The lowest BCUT2D eigenvalue weighted by Gasteiger charge is -2.10. The van der Waals surface area contributed by atoms with Crippen LogP contribution in [0.4, 0.5) is 11.4 Å². The van der Waals surface area contributed by atoms with E-state index in [1.165, 1.54) is 6.20 Å². The Bertz CT molecular complexity index is 836. The fourth-order valence-corrected chi connectivity index (χ4v) is 2.23. The number of nitrogens with one attached hydrogen (secondary N) is 2. The number of carbonyl (C=O) groups is 1. The number of ether oxygens (including phenoxy) is 2. The van der Waals surface area contributed by atoms with Crippen LogP contribution >= 0.6 is 0 Å². The molecule has 0 aliphatic carbocycles. The Hall–Kier alpha value is -3.46. The number of carbonyl (C=O) groups excluding carboxylic acids is 1. The highest BCUT2D eigenvalue weighted by atomic mass is 16.5. The first kappa shape index (κ1) is 18.9. The van der Waals surface area contributed by atoms with Crippen molar-refractivity contribution in [3.05, 3.63) is 59.8 Å². The van der Waals surface area contributed by atoms with Gasteiger partial charge in [-0.05, 0) is 55.8 Å². The highest BCUT2D eigenvalue weighted by molar-refractivity contribution is 6.06. The molecule has 2 aromatic carbocycles. The summed E-state index contributed by atoms with van der Waals surface area (Å²) in [5.41, 5.74) is 2.23. The van der Waals surface area contributed by atoms with E-state index in [0.717, 1.165) is 11.3 Å². The minimum Gasteiger partial charge on any atom is -0.495 e. The third kappa shape index (κ3) is 5.02. The van der Waals surface area contributed by atoms with Crippen molar-refractivity contribution in [1.82, 2.24) is 0 Å². The lowest BCUT2D eigenvalue weighted by molar-refractivity contribution is -0.112. The van der Waals surface area contributed by atoms with Crippen molar-refractivity contribution in [1.29, 1.82) is 5.26 Å². The fourth-order valence-electron chi connectivity index (χ4n) is 2.23. The monoisotopic (exact) mass is 351 g/mol. The lowest BCUT2D eigenvalue weighted by Crippen LogP contribution is -2.14. The van der Waals surface area contributed by atoms with Crippen molar-refractivity contribution >= 4 is 17.3 Å². The molecule has 0 atom stereocenters. The molecule has 0 bridgehead atoms. The van der Waals surface area contributed by atoms with Gasteiger partial charge in [0.05, 0.1) is 19.4 Å². The van der Waals surface area contributed by atoms with Gasteiger partial charge in [-0.15, -0.1) is 0 Å². The Morgan fingerprint density at radius 2 is 1.96 bits per heavy atom. The van der Waals surface area contributed by atoms with Crippen molar-refractivity contribution < 1.29 is 14.3 Å². The first-order valence-electron chi connectivity index (χ1n) is 8.13. The largest absolute Gasteiger partial charge is 0.495 e. The Morgan fingerprint density at radius 3 is 2.58 bits per heavy atom. The second-order valence-electron chi connectivity index (χ2n) is 5.43. The van der Waals surface area contributed by atoms with Crippen LogP contribution in [0.15, 0.2) is 54.2 Å². The van der Waals surface area contributed by atoms with E-state index in [1.54, 1.807) is 31.4 Å². The summed E-state index contributed by atoms with van der Waals surface area (Å²) in [6, 6.07) is 14.4. The molecule has 0 aromatic heterocycles. The number of anilines is 2. The molecule has 6 nitrogen and oxygen atoms in total. The predicted molar refractivity (Wildman–Crippen MR) is 101 cm³/mol. The smallest absolute Gasteiger partial charge is 0.267 e. The molecule has 2 N–H and O–H groups in total. The fraction of sp³-hybridized carbons (Fsp3) is 0.200. The first-order chi connectivity index (χ1) is 12.6. The van der Waals surface area contributed by atoms with Gasteiger partial charge in [-0.1, -0.05) is 6.07 Å². The van der Waals surface area contributed by atoms with E-state index in [9.17, 15) is 10.1 Å². The van der Waals surface area contributed by atoms with Crippen molar-refractivity contribution in [2.24, 2.45) is 0 Å². The Labute approximate surface area is 153 Å². The predicted octanol–water partition coefficient (Wildman–Crippen LogP) is 3.86. The summed E-state index contributed by atoms with van der Waals surface area (Å²) in [6.07, 6.45) is 1.36. The Balaban J connectivity index is 2.09. The Kier molecular flexibility index (Phi) is 6.63. The molecule has 134 valence electrons. The number of nitrogens with zero attached hydrogens (tertiary/aromatic N) is 1. The highest BCUT2D eigenvalue weighted by Gasteiger charge is 2.10. The molecule has 0 fully saturated rings. The number of benzene rings is 2. The van der Waals surface area contributed by atoms with E-state index in [-0.39, 0.29) is 5.57 Å². The maximum Gasteiger partial charge on any atom is 0.267 e. The number of hydrogen-bond acceptors (Lipinski definition) is 5. The second-order valence-corrected chi connectivity index (χ2v) is 5.43. The van der Waals surface area contributed by atoms with Crippen molar-refractivity contribution in [3.8, 4) is 17.6 Å². The van der Waals surface area contributed by atoms with Gasteiger partial charge in [-0.3, -0.25) is 4.79 Å². The van der Waals surface area contributed by atoms with E-state index in [4.69, 9.17) is 9.47 Å². The summed E-state index contributed by atoms with van der Waals surface area (Å²) in [6.45, 7) is 4.41. The van der Waals surface area contributed by atoms with E-state index < -0.39 is 5.91 Å². The third-order valence-electron chi connectivity index (χ3n) is 3.52. The van der Waals surface area contributed by atoms with Crippen LogP contribution in [0, 0.1) is 18.3 Å². The van der Waals surface area contributed by atoms with Gasteiger partial charge in [0.25, 0.3) is 5.91 Å². The molecule has 0 aliphatic rings. The number of rotatable bonds is 7. The van der Waals surface area contributed by atoms with Crippen LogP contribution in [-0.2, 0) is 4.79 Å². The van der Waals surface area contributed by atoms with Gasteiger partial charge < -0.3 is 20.1 Å². The van der Waals surface area contributed by atoms with Gasteiger partial charge in [-0.2, -0.15) is 5.26 Å². The lowest BCUT2D eigenvalue weighted by atomic mass is 10.2. The minimum absolute atomic E-state index is 0.0533. The molecule has 6 heteroatoms. The van der Waals surface area contributed by atoms with Gasteiger partial charge in [0.15, 0.2) is 0 Å².